The minimum atomic E-state index is -0.723. The zero-order valence-corrected chi connectivity index (χ0v) is 17.7. The molecule has 4 rings (SSSR count). The van der Waals surface area contributed by atoms with E-state index in [0.29, 0.717) is 23.6 Å². The molecule has 0 bridgehead atoms. The standard InChI is InChI=1S/C24H27N5O2/c1-16-28-23(18-6-8-31-9-7-18)15-29(16)14-20-10-17(11-25)2-4-21(20)22-5-3-19(13-27-22)24(30)12-26/h2-5,10,13,15,18,24,30H,6-9,12,14,26H2,1H3/t24-/m1/s1. The molecule has 3 N–H and O–H groups in total. The highest BCUT2D eigenvalue weighted by Gasteiger charge is 2.20. The van der Waals surface area contributed by atoms with Crippen molar-refractivity contribution in [2.45, 2.75) is 38.3 Å². The molecule has 1 aromatic carbocycles. The first-order chi connectivity index (χ1) is 15.1. The predicted octanol–water partition coefficient (Wildman–Crippen LogP) is 3.06. The van der Waals surface area contributed by atoms with Gasteiger partial charge in [-0.1, -0.05) is 12.1 Å². The third-order valence-corrected chi connectivity index (χ3v) is 5.88. The summed E-state index contributed by atoms with van der Waals surface area (Å²) in [6.45, 7) is 4.33. The van der Waals surface area contributed by atoms with Gasteiger partial charge in [0.05, 0.1) is 29.1 Å². The second kappa shape index (κ2) is 9.40. The summed E-state index contributed by atoms with van der Waals surface area (Å²) in [7, 11) is 0. The van der Waals surface area contributed by atoms with Crippen molar-refractivity contribution in [1.29, 1.82) is 5.26 Å². The maximum Gasteiger partial charge on any atom is 0.106 e. The number of nitriles is 1. The second-order valence-electron chi connectivity index (χ2n) is 7.94. The van der Waals surface area contributed by atoms with Gasteiger partial charge in [-0.3, -0.25) is 4.98 Å². The van der Waals surface area contributed by atoms with Crippen molar-refractivity contribution in [3.8, 4) is 17.3 Å². The summed E-state index contributed by atoms with van der Waals surface area (Å²) in [5, 5.41) is 19.3. The van der Waals surface area contributed by atoms with Crippen LogP contribution in [-0.2, 0) is 11.3 Å². The number of ether oxygens (including phenoxy) is 1. The minimum absolute atomic E-state index is 0.151. The van der Waals surface area contributed by atoms with Crippen molar-refractivity contribution >= 4 is 0 Å². The van der Waals surface area contributed by atoms with Crippen LogP contribution in [0.1, 0.15) is 53.1 Å². The Morgan fingerprint density at radius 3 is 2.77 bits per heavy atom. The van der Waals surface area contributed by atoms with E-state index >= 15 is 0 Å². The monoisotopic (exact) mass is 417 g/mol. The first-order valence-electron chi connectivity index (χ1n) is 10.6. The van der Waals surface area contributed by atoms with E-state index in [2.05, 4.69) is 21.8 Å². The highest BCUT2D eigenvalue weighted by atomic mass is 16.5. The highest BCUT2D eigenvalue weighted by molar-refractivity contribution is 5.65. The van der Waals surface area contributed by atoms with Gasteiger partial charge in [-0.15, -0.1) is 0 Å². The summed E-state index contributed by atoms with van der Waals surface area (Å²) < 4.78 is 7.62. The largest absolute Gasteiger partial charge is 0.387 e. The fourth-order valence-electron chi connectivity index (χ4n) is 4.01. The Kier molecular flexibility index (Phi) is 6.42. The number of aliphatic hydroxyl groups excluding tert-OH is 1. The van der Waals surface area contributed by atoms with Gasteiger partial charge in [-0.2, -0.15) is 5.26 Å². The number of nitrogens with two attached hydrogens (primary N) is 1. The Bertz CT molecular complexity index is 1080. The molecule has 1 aliphatic heterocycles. The van der Waals surface area contributed by atoms with Gasteiger partial charge in [0, 0.05) is 55.7 Å². The van der Waals surface area contributed by atoms with E-state index < -0.39 is 6.10 Å². The van der Waals surface area contributed by atoms with E-state index in [4.69, 9.17) is 15.5 Å². The average molecular weight is 418 g/mol. The van der Waals surface area contributed by atoms with E-state index in [9.17, 15) is 10.4 Å². The molecular weight excluding hydrogens is 390 g/mol. The molecule has 0 radical (unpaired) electrons. The summed E-state index contributed by atoms with van der Waals surface area (Å²) in [4.78, 5) is 9.34. The van der Waals surface area contributed by atoms with Crippen LogP contribution in [0.25, 0.3) is 11.3 Å². The van der Waals surface area contributed by atoms with Crippen LogP contribution in [0, 0.1) is 18.3 Å². The van der Waals surface area contributed by atoms with Crippen molar-refractivity contribution in [3.05, 3.63) is 70.9 Å². The molecule has 0 unspecified atom stereocenters. The molecule has 31 heavy (non-hydrogen) atoms. The third-order valence-electron chi connectivity index (χ3n) is 5.88. The van der Waals surface area contributed by atoms with Gasteiger partial charge in [0.25, 0.3) is 0 Å². The van der Waals surface area contributed by atoms with Gasteiger partial charge in [-0.25, -0.2) is 4.98 Å². The minimum Gasteiger partial charge on any atom is -0.387 e. The topological polar surface area (TPSA) is 110 Å². The second-order valence-corrected chi connectivity index (χ2v) is 7.94. The summed E-state index contributed by atoms with van der Waals surface area (Å²) in [5.74, 6) is 1.38. The molecule has 1 fully saturated rings. The summed E-state index contributed by atoms with van der Waals surface area (Å²) >= 11 is 0. The van der Waals surface area contributed by atoms with Crippen molar-refractivity contribution in [1.82, 2.24) is 14.5 Å². The summed E-state index contributed by atoms with van der Waals surface area (Å²) in [6.07, 6.45) is 5.05. The van der Waals surface area contributed by atoms with Crippen LogP contribution >= 0.6 is 0 Å². The number of hydrogen-bond donors (Lipinski definition) is 2. The Morgan fingerprint density at radius 1 is 1.29 bits per heavy atom. The van der Waals surface area contributed by atoms with E-state index in [1.54, 1.807) is 12.3 Å². The SMILES string of the molecule is Cc1nc(C2CCOCC2)cn1Cc1cc(C#N)ccc1-c1ccc([C@H](O)CN)cn1. The number of nitrogens with zero attached hydrogens (tertiary/aromatic N) is 4. The number of imidazole rings is 1. The molecule has 3 heterocycles. The lowest BCUT2D eigenvalue weighted by Gasteiger charge is -2.20. The molecule has 7 heteroatoms. The molecule has 7 nitrogen and oxygen atoms in total. The van der Waals surface area contributed by atoms with E-state index in [1.807, 2.05) is 31.2 Å². The molecule has 0 spiro atoms. The molecule has 1 saturated heterocycles. The van der Waals surface area contributed by atoms with Crippen molar-refractivity contribution in [2.75, 3.05) is 19.8 Å². The first-order valence-corrected chi connectivity index (χ1v) is 10.6. The molecule has 0 amide bonds. The van der Waals surface area contributed by atoms with Crippen LogP contribution in [0.3, 0.4) is 0 Å². The highest BCUT2D eigenvalue weighted by Crippen LogP contribution is 2.28. The maximum absolute atomic E-state index is 9.93. The average Bonchev–Trinajstić information content (AvgIpc) is 3.19. The predicted molar refractivity (Wildman–Crippen MR) is 117 cm³/mol. The Labute approximate surface area is 182 Å². The van der Waals surface area contributed by atoms with Crippen LogP contribution in [0.4, 0.5) is 0 Å². The third kappa shape index (κ3) is 4.67. The number of aromatic nitrogens is 3. The fraction of sp³-hybridized carbons (Fsp3) is 0.375. The van der Waals surface area contributed by atoms with Crippen LogP contribution in [-0.4, -0.2) is 39.4 Å². The molecule has 2 aromatic heterocycles. The zero-order chi connectivity index (χ0) is 21.8. The molecule has 1 aliphatic rings. The Morgan fingerprint density at radius 2 is 2.10 bits per heavy atom. The lowest BCUT2D eigenvalue weighted by Crippen LogP contribution is -2.14. The Balaban J connectivity index is 1.65. The van der Waals surface area contributed by atoms with Crippen molar-refractivity contribution < 1.29 is 9.84 Å². The van der Waals surface area contributed by atoms with Crippen LogP contribution in [0.5, 0.6) is 0 Å². The van der Waals surface area contributed by atoms with Crippen molar-refractivity contribution in [3.63, 3.8) is 0 Å². The smallest absolute Gasteiger partial charge is 0.106 e. The summed E-state index contributed by atoms with van der Waals surface area (Å²) in [6, 6.07) is 11.6. The molecule has 1 atom stereocenters. The van der Waals surface area contributed by atoms with Crippen LogP contribution < -0.4 is 5.73 Å². The number of hydrogen-bond acceptors (Lipinski definition) is 6. The molecular formula is C24H27N5O2. The quantitative estimate of drug-likeness (QED) is 0.638. The number of pyridine rings is 1. The van der Waals surface area contributed by atoms with Crippen LogP contribution in [0.2, 0.25) is 0 Å². The normalized spacial score (nSPS) is 15.5. The first kappa shape index (κ1) is 21.2. The summed E-state index contributed by atoms with van der Waals surface area (Å²) in [5.41, 5.74) is 10.7. The fourth-order valence-corrected chi connectivity index (χ4v) is 4.01. The van der Waals surface area contributed by atoms with Crippen LogP contribution in [0.15, 0.2) is 42.7 Å². The van der Waals surface area contributed by atoms with Gasteiger partial charge < -0.3 is 20.1 Å². The molecule has 160 valence electrons. The van der Waals surface area contributed by atoms with Gasteiger partial charge in [-0.05, 0) is 43.5 Å². The van der Waals surface area contributed by atoms with E-state index in [1.165, 1.54) is 0 Å². The van der Waals surface area contributed by atoms with E-state index in [0.717, 1.165) is 54.4 Å². The van der Waals surface area contributed by atoms with Crippen molar-refractivity contribution in [2.24, 2.45) is 5.73 Å². The number of benzene rings is 1. The van der Waals surface area contributed by atoms with E-state index in [-0.39, 0.29) is 6.54 Å². The van der Waals surface area contributed by atoms with Gasteiger partial charge in [0.2, 0.25) is 0 Å². The zero-order valence-electron chi connectivity index (χ0n) is 17.7. The lowest BCUT2D eigenvalue weighted by molar-refractivity contribution is 0.0845. The van der Waals surface area contributed by atoms with Gasteiger partial charge in [0.1, 0.15) is 5.82 Å². The molecule has 0 saturated carbocycles. The molecule has 0 aliphatic carbocycles. The van der Waals surface area contributed by atoms with Gasteiger partial charge >= 0.3 is 0 Å². The number of aliphatic hydroxyl groups is 1. The maximum atomic E-state index is 9.93. The number of aryl methyl sites for hydroxylation is 1. The molecule has 3 aromatic rings. The Hall–Kier alpha value is -3.05. The lowest BCUT2D eigenvalue weighted by atomic mass is 9.97. The number of rotatable bonds is 6. The van der Waals surface area contributed by atoms with Gasteiger partial charge in [0.15, 0.2) is 0 Å².